The number of nitrogens with one attached hydrogen (secondary N) is 1. The van der Waals surface area contributed by atoms with Gasteiger partial charge in [0.05, 0.1) is 18.4 Å². The number of likely N-dealkylation sites (tertiary alicyclic amines) is 1. The SMILES string of the molecule is COc1cc(C=CC(=O)N2CCC(C(=O)Nc3ccccc3)CC2)ccc1OCc1c(C)noc1C. The zero-order valence-corrected chi connectivity index (χ0v) is 20.8. The number of hydrogen-bond acceptors (Lipinski definition) is 6. The second kappa shape index (κ2) is 11.6. The van der Waals surface area contributed by atoms with Crippen molar-refractivity contribution in [2.75, 3.05) is 25.5 Å². The van der Waals surface area contributed by atoms with E-state index in [0.29, 0.717) is 44.0 Å². The van der Waals surface area contributed by atoms with Crippen LogP contribution in [0.15, 0.2) is 59.1 Å². The standard InChI is InChI=1S/C28H31N3O5/c1-19-24(20(2)36-30-19)18-35-25-11-9-21(17-26(25)34-3)10-12-27(32)31-15-13-22(14-16-31)28(33)29-23-7-5-4-6-8-23/h4-12,17,22H,13-16,18H2,1-3H3,(H,29,33). The molecule has 0 atom stereocenters. The van der Waals surface area contributed by atoms with Crippen LogP contribution >= 0.6 is 0 Å². The number of rotatable bonds is 8. The minimum atomic E-state index is -0.0968. The number of carbonyl (C=O) groups is 2. The van der Waals surface area contributed by atoms with Crippen LogP contribution in [0.4, 0.5) is 5.69 Å². The lowest BCUT2D eigenvalue weighted by Crippen LogP contribution is -2.40. The number of methoxy groups -OCH3 is 1. The maximum atomic E-state index is 12.7. The van der Waals surface area contributed by atoms with Crippen molar-refractivity contribution in [3.05, 3.63) is 77.2 Å². The summed E-state index contributed by atoms with van der Waals surface area (Å²) in [5.41, 5.74) is 3.32. The highest BCUT2D eigenvalue weighted by Crippen LogP contribution is 2.30. The van der Waals surface area contributed by atoms with Gasteiger partial charge in [-0.2, -0.15) is 0 Å². The Balaban J connectivity index is 1.30. The average Bonchev–Trinajstić information content (AvgIpc) is 3.23. The van der Waals surface area contributed by atoms with E-state index < -0.39 is 0 Å². The first kappa shape index (κ1) is 25.0. The smallest absolute Gasteiger partial charge is 0.246 e. The molecule has 0 radical (unpaired) electrons. The van der Waals surface area contributed by atoms with E-state index >= 15 is 0 Å². The van der Waals surface area contributed by atoms with E-state index in [1.54, 1.807) is 24.2 Å². The van der Waals surface area contributed by atoms with Gasteiger partial charge >= 0.3 is 0 Å². The number of aromatic nitrogens is 1. The van der Waals surface area contributed by atoms with Crippen LogP contribution < -0.4 is 14.8 Å². The molecule has 0 bridgehead atoms. The minimum absolute atomic E-state index is 0.00704. The van der Waals surface area contributed by atoms with Crippen molar-refractivity contribution in [2.24, 2.45) is 5.92 Å². The first-order valence-corrected chi connectivity index (χ1v) is 12.0. The summed E-state index contributed by atoms with van der Waals surface area (Å²) in [6.45, 7) is 5.15. The number of carbonyl (C=O) groups excluding carboxylic acids is 2. The van der Waals surface area contributed by atoms with E-state index in [4.69, 9.17) is 14.0 Å². The number of aryl methyl sites for hydroxylation is 2. The zero-order valence-electron chi connectivity index (χ0n) is 20.8. The van der Waals surface area contributed by atoms with E-state index in [0.717, 1.165) is 28.3 Å². The van der Waals surface area contributed by atoms with Crippen molar-refractivity contribution in [3.63, 3.8) is 0 Å². The average molecular weight is 490 g/mol. The van der Waals surface area contributed by atoms with E-state index in [1.165, 1.54) is 0 Å². The Bertz CT molecular complexity index is 1210. The molecule has 8 nitrogen and oxygen atoms in total. The molecule has 1 fully saturated rings. The highest BCUT2D eigenvalue weighted by Gasteiger charge is 2.26. The summed E-state index contributed by atoms with van der Waals surface area (Å²) >= 11 is 0. The molecule has 0 saturated carbocycles. The molecule has 2 aromatic carbocycles. The lowest BCUT2D eigenvalue weighted by molar-refractivity contribution is -0.130. The normalized spacial score (nSPS) is 14.1. The zero-order chi connectivity index (χ0) is 25.5. The number of benzene rings is 2. The van der Waals surface area contributed by atoms with Gasteiger partial charge in [-0.25, -0.2) is 0 Å². The summed E-state index contributed by atoms with van der Waals surface area (Å²) in [7, 11) is 1.58. The molecular weight excluding hydrogens is 458 g/mol. The van der Waals surface area contributed by atoms with Crippen molar-refractivity contribution in [1.82, 2.24) is 10.1 Å². The molecule has 1 aromatic heterocycles. The molecule has 1 saturated heterocycles. The fourth-order valence-corrected chi connectivity index (χ4v) is 4.17. The second-order valence-corrected chi connectivity index (χ2v) is 8.79. The minimum Gasteiger partial charge on any atom is -0.493 e. The van der Waals surface area contributed by atoms with Crippen LogP contribution in [0.2, 0.25) is 0 Å². The lowest BCUT2D eigenvalue weighted by Gasteiger charge is -2.30. The second-order valence-electron chi connectivity index (χ2n) is 8.79. The molecule has 1 N–H and O–H groups in total. The number of piperidine rings is 1. The summed E-state index contributed by atoms with van der Waals surface area (Å²) < 4.78 is 16.6. The Morgan fingerprint density at radius 3 is 2.53 bits per heavy atom. The molecule has 2 amide bonds. The highest BCUT2D eigenvalue weighted by molar-refractivity contribution is 5.94. The summed E-state index contributed by atoms with van der Waals surface area (Å²) in [4.78, 5) is 27.0. The predicted molar refractivity (Wildman–Crippen MR) is 137 cm³/mol. The molecule has 0 aliphatic carbocycles. The predicted octanol–water partition coefficient (Wildman–Crippen LogP) is 4.77. The Hall–Kier alpha value is -4.07. The molecule has 1 aliphatic heterocycles. The molecule has 36 heavy (non-hydrogen) atoms. The highest BCUT2D eigenvalue weighted by atomic mass is 16.5. The molecule has 0 unspecified atom stereocenters. The molecule has 4 rings (SSSR count). The van der Waals surface area contributed by atoms with E-state index in [2.05, 4.69) is 10.5 Å². The third-order valence-corrected chi connectivity index (χ3v) is 6.38. The maximum Gasteiger partial charge on any atom is 0.246 e. The number of amides is 2. The van der Waals surface area contributed by atoms with Crippen molar-refractivity contribution in [2.45, 2.75) is 33.3 Å². The molecule has 8 heteroatoms. The quantitative estimate of drug-likeness (QED) is 0.458. The van der Waals surface area contributed by atoms with Gasteiger partial charge in [-0.15, -0.1) is 0 Å². The number of para-hydroxylation sites is 1. The monoisotopic (exact) mass is 489 g/mol. The molecule has 0 spiro atoms. The molecule has 3 aromatic rings. The summed E-state index contributed by atoms with van der Waals surface area (Å²) in [6, 6.07) is 14.9. The van der Waals surface area contributed by atoms with Gasteiger partial charge in [0.25, 0.3) is 0 Å². The molecule has 2 heterocycles. The van der Waals surface area contributed by atoms with Gasteiger partial charge in [-0.3, -0.25) is 9.59 Å². The van der Waals surface area contributed by atoms with Gasteiger partial charge in [0.1, 0.15) is 12.4 Å². The number of hydrogen-bond donors (Lipinski definition) is 1. The fourth-order valence-electron chi connectivity index (χ4n) is 4.17. The molecular formula is C28H31N3O5. The van der Waals surface area contributed by atoms with Gasteiger partial charge < -0.3 is 24.2 Å². The van der Waals surface area contributed by atoms with Crippen LogP contribution in [0.5, 0.6) is 11.5 Å². The van der Waals surface area contributed by atoms with Crippen molar-refractivity contribution in [3.8, 4) is 11.5 Å². The van der Waals surface area contributed by atoms with Crippen LogP contribution in [-0.2, 0) is 16.2 Å². The van der Waals surface area contributed by atoms with E-state index in [9.17, 15) is 9.59 Å². The van der Waals surface area contributed by atoms with Crippen LogP contribution in [0.25, 0.3) is 6.08 Å². The first-order chi connectivity index (χ1) is 17.4. The van der Waals surface area contributed by atoms with Gasteiger partial charge in [-0.1, -0.05) is 29.4 Å². The Labute approximate surface area is 210 Å². The largest absolute Gasteiger partial charge is 0.493 e. The topological polar surface area (TPSA) is 93.9 Å². The van der Waals surface area contributed by atoms with Gasteiger partial charge in [-0.05, 0) is 62.6 Å². The van der Waals surface area contributed by atoms with Crippen molar-refractivity contribution < 1.29 is 23.6 Å². The Morgan fingerprint density at radius 2 is 1.86 bits per heavy atom. The summed E-state index contributed by atoms with van der Waals surface area (Å²) in [5, 5.41) is 6.90. The number of nitrogens with zero attached hydrogens (tertiary/aromatic N) is 2. The number of anilines is 1. The van der Waals surface area contributed by atoms with Crippen LogP contribution in [0, 0.1) is 19.8 Å². The van der Waals surface area contributed by atoms with Gasteiger partial charge in [0.15, 0.2) is 11.5 Å². The van der Waals surface area contributed by atoms with E-state index in [1.807, 2.05) is 62.4 Å². The lowest BCUT2D eigenvalue weighted by atomic mass is 9.95. The molecule has 188 valence electrons. The Morgan fingerprint density at radius 1 is 1.11 bits per heavy atom. The number of ether oxygens (including phenoxy) is 2. The maximum absolute atomic E-state index is 12.7. The fraction of sp³-hybridized carbons (Fsp3) is 0.321. The van der Waals surface area contributed by atoms with E-state index in [-0.39, 0.29) is 17.7 Å². The summed E-state index contributed by atoms with van der Waals surface area (Å²) in [5.74, 6) is 1.73. The van der Waals surface area contributed by atoms with Crippen molar-refractivity contribution >= 4 is 23.6 Å². The third kappa shape index (κ3) is 6.13. The first-order valence-electron chi connectivity index (χ1n) is 12.0. The van der Waals surface area contributed by atoms with Gasteiger partial charge in [0, 0.05) is 30.8 Å². The third-order valence-electron chi connectivity index (χ3n) is 6.38. The van der Waals surface area contributed by atoms with Crippen LogP contribution in [-0.4, -0.2) is 42.1 Å². The Kier molecular flexibility index (Phi) is 8.05. The van der Waals surface area contributed by atoms with Crippen molar-refractivity contribution in [1.29, 1.82) is 0 Å². The summed E-state index contributed by atoms with van der Waals surface area (Å²) in [6.07, 6.45) is 4.60. The molecule has 1 aliphatic rings. The van der Waals surface area contributed by atoms with Gasteiger partial charge in [0.2, 0.25) is 11.8 Å². The van der Waals surface area contributed by atoms with Crippen LogP contribution in [0.3, 0.4) is 0 Å². The van der Waals surface area contributed by atoms with Crippen LogP contribution in [0.1, 0.15) is 35.4 Å².